The van der Waals surface area contributed by atoms with Crippen LogP contribution in [0.2, 0.25) is 0 Å². The number of hydrogen-bond acceptors (Lipinski definition) is 4. The molecule has 0 saturated carbocycles. The fraction of sp³-hybridized carbons (Fsp3) is 0.571. The number of hydrogen-bond donors (Lipinski definition) is 2. The van der Waals surface area contributed by atoms with Gasteiger partial charge in [0.1, 0.15) is 5.75 Å². The Morgan fingerprint density at radius 3 is 2.17 bits per heavy atom. The average Bonchev–Trinajstić information content (AvgIpc) is 2.35. The van der Waals surface area contributed by atoms with Crippen LogP contribution in [0.4, 0.5) is 5.69 Å². The zero-order chi connectivity index (χ0) is 13.9. The van der Waals surface area contributed by atoms with Crippen molar-refractivity contribution in [2.24, 2.45) is 0 Å². The van der Waals surface area contributed by atoms with Crippen molar-refractivity contribution in [1.82, 2.24) is 0 Å². The summed E-state index contributed by atoms with van der Waals surface area (Å²) in [5, 5.41) is 18.5. The number of methoxy groups -OCH3 is 1. The Labute approximate surface area is 109 Å². The molecule has 0 aliphatic carbocycles. The summed E-state index contributed by atoms with van der Waals surface area (Å²) in [5.74, 6) is 0.897. The molecule has 0 atom stereocenters. The summed E-state index contributed by atoms with van der Waals surface area (Å²) in [7, 11) is 3.55. The first kappa shape index (κ1) is 14.8. The fourth-order valence-electron chi connectivity index (χ4n) is 2.22. The maximum absolute atomic E-state index is 9.26. The maximum atomic E-state index is 9.26. The van der Waals surface area contributed by atoms with E-state index in [1.807, 2.05) is 38.8 Å². The van der Waals surface area contributed by atoms with Gasteiger partial charge in [-0.2, -0.15) is 0 Å². The number of aryl methyl sites for hydroxylation is 1. The van der Waals surface area contributed by atoms with Crippen molar-refractivity contribution < 1.29 is 14.9 Å². The van der Waals surface area contributed by atoms with Crippen LogP contribution in [-0.2, 0) is 0 Å². The van der Waals surface area contributed by atoms with Gasteiger partial charge in [0.05, 0.1) is 26.4 Å². The third-order valence-corrected chi connectivity index (χ3v) is 3.55. The van der Waals surface area contributed by atoms with Gasteiger partial charge in [0.25, 0.3) is 0 Å². The number of aliphatic hydroxyl groups excluding tert-OH is 2. The van der Waals surface area contributed by atoms with Crippen LogP contribution < -0.4 is 9.64 Å². The Morgan fingerprint density at radius 1 is 1.17 bits per heavy atom. The lowest BCUT2D eigenvalue weighted by atomic mass is 10.0. The molecule has 0 fully saturated rings. The van der Waals surface area contributed by atoms with E-state index in [1.165, 1.54) is 0 Å². The molecular weight excluding hydrogens is 230 g/mol. The first-order valence-electron chi connectivity index (χ1n) is 6.07. The summed E-state index contributed by atoms with van der Waals surface area (Å²) >= 11 is 0. The van der Waals surface area contributed by atoms with Crippen molar-refractivity contribution in [3.63, 3.8) is 0 Å². The lowest BCUT2D eigenvalue weighted by Crippen LogP contribution is -2.38. The molecule has 0 aliphatic rings. The summed E-state index contributed by atoms with van der Waals surface area (Å²) in [6.07, 6.45) is 0. The van der Waals surface area contributed by atoms with Gasteiger partial charge in [-0.1, -0.05) is 0 Å². The summed E-state index contributed by atoms with van der Waals surface area (Å²) in [6, 6.07) is 1.75. The van der Waals surface area contributed by atoms with E-state index in [4.69, 9.17) is 4.74 Å². The van der Waals surface area contributed by atoms with Crippen LogP contribution in [0.1, 0.15) is 16.7 Å². The van der Waals surface area contributed by atoms with Gasteiger partial charge in [-0.05, 0) is 43.5 Å². The van der Waals surface area contributed by atoms with E-state index in [1.54, 1.807) is 7.11 Å². The molecular formula is C14H23NO3. The van der Waals surface area contributed by atoms with Crippen LogP contribution >= 0.6 is 0 Å². The molecule has 4 nitrogen and oxygen atoms in total. The van der Waals surface area contributed by atoms with Crippen molar-refractivity contribution in [3.05, 3.63) is 22.8 Å². The van der Waals surface area contributed by atoms with Crippen molar-refractivity contribution in [3.8, 4) is 5.75 Å². The standard InChI is InChI=1S/C14H23NO3/c1-9-6-13(15(4)12(7-16)8-17)10(2)11(3)14(9)18-5/h6,12,16-17H,7-8H2,1-5H3. The highest BCUT2D eigenvalue weighted by molar-refractivity contribution is 5.63. The molecule has 4 heteroatoms. The summed E-state index contributed by atoms with van der Waals surface area (Å²) < 4.78 is 5.39. The predicted octanol–water partition coefficient (Wildman–Crippen LogP) is 1.41. The van der Waals surface area contributed by atoms with Crippen LogP contribution in [0.25, 0.3) is 0 Å². The summed E-state index contributed by atoms with van der Waals surface area (Å²) in [4.78, 5) is 1.91. The molecule has 0 radical (unpaired) electrons. The normalized spacial score (nSPS) is 10.9. The predicted molar refractivity (Wildman–Crippen MR) is 73.6 cm³/mol. The first-order valence-corrected chi connectivity index (χ1v) is 6.07. The minimum Gasteiger partial charge on any atom is -0.496 e. The molecule has 0 saturated heterocycles. The highest BCUT2D eigenvalue weighted by Crippen LogP contribution is 2.33. The summed E-state index contributed by atoms with van der Waals surface area (Å²) in [5.41, 5.74) is 4.26. The Balaban J connectivity index is 3.26. The second kappa shape index (κ2) is 6.07. The van der Waals surface area contributed by atoms with Crippen molar-refractivity contribution in [2.45, 2.75) is 26.8 Å². The van der Waals surface area contributed by atoms with E-state index in [0.717, 1.165) is 28.1 Å². The number of aliphatic hydroxyl groups is 2. The quantitative estimate of drug-likeness (QED) is 0.833. The van der Waals surface area contributed by atoms with Crippen LogP contribution in [0.15, 0.2) is 6.07 Å². The lowest BCUT2D eigenvalue weighted by Gasteiger charge is -2.30. The third kappa shape index (κ3) is 2.60. The average molecular weight is 253 g/mol. The maximum Gasteiger partial charge on any atom is 0.125 e. The molecule has 0 bridgehead atoms. The minimum atomic E-state index is -0.282. The van der Waals surface area contributed by atoms with Gasteiger partial charge < -0.3 is 19.8 Å². The number of likely N-dealkylation sites (N-methyl/N-ethyl adjacent to an activating group) is 1. The molecule has 18 heavy (non-hydrogen) atoms. The molecule has 1 rings (SSSR count). The van der Waals surface area contributed by atoms with Gasteiger partial charge >= 0.3 is 0 Å². The summed E-state index contributed by atoms with van der Waals surface area (Å²) in [6.45, 7) is 5.89. The van der Waals surface area contributed by atoms with Crippen LogP contribution in [-0.4, -0.2) is 43.6 Å². The molecule has 1 aromatic carbocycles. The van der Waals surface area contributed by atoms with E-state index in [0.29, 0.717) is 0 Å². The van der Waals surface area contributed by atoms with E-state index in [-0.39, 0.29) is 19.3 Å². The highest BCUT2D eigenvalue weighted by atomic mass is 16.5. The number of nitrogens with zero attached hydrogens (tertiary/aromatic N) is 1. The van der Waals surface area contributed by atoms with Crippen LogP contribution in [0.3, 0.4) is 0 Å². The van der Waals surface area contributed by atoms with Crippen molar-refractivity contribution in [1.29, 1.82) is 0 Å². The van der Waals surface area contributed by atoms with Crippen molar-refractivity contribution in [2.75, 3.05) is 32.3 Å². The van der Waals surface area contributed by atoms with Gasteiger partial charge in [-0.15, -0.1) is 0 Å². The van der Waals surface area contributed by atoms with Gasteiger partial charge in [-0.25, -0.2) is 0 Å². The van der Waals surface area contributed by atoms with Gasteiger partial charge in [0, 0.05) is 12.7 Å². The highest BCUT2D eigenvalue weighted by Gasteiger charge is 2.18. The Morgan fingerprint density at radius 2 is 1.72 bits per heavy atom. The smallest absolute Gasteiger partial charge is 0.125 e. The Kier molecular flexibility index (Phi) is 4.99. The molecule has 0 aliphatic heterocycles. The second-order valence-corrected chi connectivity index (χ2v) is 4.63. The molecule has 0 spiro atoms. The SMILES string of the molecule is COc1c(C)cc(N(C)C(CO)CO)c(C)c1C. The molecule has 0 heterocycles. The lowest BCUT2D eigenvalue weighted by molar-refractivity contribution is 0.190. The van der Waals surface area contributed by atoms with Crippen LogP contribution in [0, 0.1) is 20.8 Å². The Bertz CT molecular complexity index is 414. The third-order valence-electron chi connectivity index (χ3n) is 3.55. The number of ether oxygens (including phenoxy) is 1. The topological polar surface area (TPSA) is 52.9 Å². The molecule has 102 valence electrons. The number of anilines is 1. The van der Waals surface area contributed by atoms with Crippen LogP contribution in [0.5, 0.6) is 5.75 Å². The first-order chi connectivity index (χ1) is 8.47. The largest absolute Gasteiger partial charge is 0.496 e. The van der Waals surface area contributed by atoms with Gasteiger partial charge in [0.15, 0.2) is 0 Å². The van der Waals surface area contributed by atoms with Gasteiger partial charge in [-0.3, -0.25) is 0 Å². The van der Waals surface area contributed by atoms with E-state index >= 15 is 0 Å². The molecule has 0 aromatic heterocycles. The molecule has 0 unspecified atom stereocenters. The van der Waals surface area contributed by atoms with Crippen molar-refractivity contribution >= 4 is 5.69 Å². The fourth-order valence-corrected chi connectivity index (χ4v) is 2.22. The zero-order valence-corrected chi connectivity index (χ0v) is 11.8. The zero-order valence-electron chi connectivity index (χ0n) is 11.8. The molecule has 0 amide bonds. The van der Waals surface area contributed by atoms with E-state index < -0.39 is 0 Å². The monoisotopic (exact) mass is 253 g/mol. The second-order valence-electron chi connectivity index (χ2n) is 4.63. The van der Waals surface area contributed by atoms with E-state index in [2.05, 4.69) is 0 Å². The Hall–Kier alpha value is -1.26. The van der Waals surface area contributed by atoms with E-state index in [9.17, 15) is 10.2 Å². The minimum absolute atomic E-state index is 0.0729. The number of rotatable bonds is 5. The molecule has 2 N–H and O–H groups in total. The van der Waals surface area contributed by atoms with Gasteiger partial charge in [0.2, 0.25) is 0 Å². The molecule has 1 aromatic rings. The number of benzene rings is 1.